The fourth-order valence-corrected chi connectivity index (χ4v) is 1.91. The van der Waals surface area contributed by atoms with Crippen molar-refractivity contribution >= 4 is 23.2 Å². The highest BCUT2D eigenvalue weighted by Crippen LogP contribution is 2.25. The molecule has 0 aromatic heterocycles. The van der Waals surface area contributed by atoms with E-state index in [9.17, 15) is 0 Å². The van der Waals surface area contributed by atoms with Crippen LogP contribution in [0, 0.1) is 5.92 Å². The van der Waals surface area contributed by atoms with E-state index in [1.54, 1.807) is 0 Å². The molecular weight excluding hydrogens is 257 g/mol. The number of hydrogen-bond acceptors (Lipinski definition) is 2. The number of nitrogens with one attached hydrogen (secondary N) is 1. The number of aliphatic hydroxyl groups is 1. The van der Waals surface area contributed by atoms with Crippen molar-refractivity contribution in [2.75, 3.05) is 13.2 Å². The highest BCUT2D eigenvalue weighted by Gasteiger charge is 2.09. The zero-order chi connectivity index (χ0) is 12.8. The highest BCUT2D eigenvalue weighted by molar-refractivity contribution is 6.42. The van der Waals surface area contributed by atoms with Crippen LogP contribution in [0.25, 0.3) is 0 Å². The fourth-order valence-electron chi connectivity index (χ4n) is 1.60. The molecule has 17 heavy (non-hydrogen) atoms. The van der Waals surface area contributed by atoms with Crippen molar-refractivity contribution in [2.24, 2.45) is 5.92 Å². The molecule has 0 aliphatic heterocycles. The van der Waals surface area contributed by atoms with Crippen LogP contribution in [-0.4, -0.2) is 18.3 Å². The molecule has 0 bridgehead atoms. The SMILES string of the molecule is CC(CCO)CNC(C)c1ccc(Cl)c(Cl)c1. The van der Waals surface area contributed by atoms with Gasteiger partial charge in [0.2, 0.25) is 0 Å². The molecule has 0 aliphatic rings. The van der Waals surface area contributed by atoms with Crippen LogP contribution >= 0.6 is 23.2 Å². The molecule has 2 unspecified atom stereocenters. The minimum Gasteiger partial charge on any atom is -0.396 e. The molecule has 0 aliphatic carbocycles. The molecule has 0 heterocycles. The molecule has 0 amide bonds. The lowest BCUT2D eigenvalue weighted by Gasteiger charge is -2.18. The highest BCUT2D eigenvalue weighted by atomic mass is 35.5. The van der Waals surface area contributed by atoms with Crippen molar-refractivity contribution in [3.63, 3.8) is 0 Å². The summed E-state index contributed by atoms with van der Waals surface area (Å²) in [5.74, 6) is 0.463. The summed E-state index contributed by atoms with van der Waals surface area (Å²) >= 11 is 11.9. The van der Waals surface area contributed by atoms with Crippen LogP contribution in [0.1, 0.15) is 31.9 Å². The summed E-state index contributed by atoms with van der Waals surface area (Å²) in [4.78, 5) is 0. The Balaban J connectivity index is 2.52. The second kappa shape index (κ2) is 7.22. The predicted molar refractivity (Wildman–Crippen MR) is 73.7 cm³/mol. The lowest BCUT2D eigenvalue weighted by Crippen LogP contribution is -2.25. The molecule has 0 saturated heterocycles. The molecule has 4 heteroatoms. The van der Waals surface area contributed by atoms with Crippen molar-refractivity contribution in [2.45, 2.75) is 26.3 Å². The Kier molecular flexibility index (Phi) is 6.28. The quantitative estimate of drug-likeness (QED) is 0.831. The Hall–Kier alpha value is -0.280. The molecule has 2 atom stereocenters. The number of aliphatic hydroxyl groups excluding tert-OH is 1. The predicted octanol–water partition coefficient (Wildman–Crippen LogP) is 3.66. The zero-order valence-electron chi connectivity index (χ0n) is 10.2. The van der Waals surface area contributed by atoms with E-state index in [1.165, 1.54) is 0 Å². The monoisotopic (exact) mass is 275 g/mol. The molecule has 96 valence electrons. The van der Waals surface area contributed by atoms with Gasteiger partial charge in [-0.3, -0.25) is 0 Å². The van der Waals surface area contributed by atoms with E-state index in [1.807, 2.05) is 18.2 Å². The van der Waals surface area contributed by atoms with Crippen LogP contribution in [0.2, 0.25) is 10.0 Å². The lowest BCUT2D eigenvalue weighted by atomic mass is 10.1. The van der Waals surface area contributed by atoms with E-state index in [2.05, 4.69) is 19.2 Å². The van der Waals surface area contributed by atoms with Gasteiger partial charge in [0.15, 0.2) is 0 Å². The molecule has 0 spiro atoms. The van der Waals surface area contributed by atoms with Crippen LogP contribution in [0.5, 0.6) is 0 Å². The number of benzene rings is 1. The van der Waals surface area contributed by atoms with E-state index < -0.39 is 0 Å². The van der Waals surface area contributed by atoms with Crippen LogP contribution in [0.3, 0.4) is 0 Å². The van der Waals surface area contributed by atoms with Gasteiger partial charge in [0, 0.05) is 12.6 Å². The molecule has 1 aromatic carbocycles. The number of hydrogen-bond donors (Lipinski definition) is 2. The molecule has 0 fully saturated rings. The molecule has 1 rings (SSSR count). The van der Waals surface area contributed by atoms with Crippen LogP contribution in [0.4, 0.5) is 0 Å². The molecular formula is C13H19Cl2NO. The molecule has 2 nitrogen and oxygen atoms in total. The summed E-state index contributed by atoms with van der Waals surface area (Å²) in [6.45, 7) is 5.32. The van der Waals surface area contributed by atoms with Crippen molar-refractivity contribution in [1.82, 2.24) is 5.32 Å². The molecule has 0 radical (unpaired) electrons. The number of rotatable bonds is 6. The Morgan fingerprint density at radius 3 is 2.53 bits per heavy atom. The van der Waals surface area contributed by atoms with Gasteiger partial charge >= 0.3 is 0 Å². The third-order valence-electron chi connectivity index (χ3n) is 2.84. The van der Waals surface area contributed by atoms with Crippen molar-refractivity contribution in [3.8, 4) is 0 Å². The normalized spacial score (nSPS) is 14.6. The van der Waals surface area contributed by atoms with Gasteiger partial charge in [0.05, 0.1) is 10.0 Å². The first-order chi connectivity index (χ1) is 8.04. The molecule has 1 aromatic rings. The summed E-state index contributed by atoms with van der Waals surface area (Å²) in [6.07, 6.45) is 0.821. The maximum absolute atomic E-state index is 8.83. The number of halogens is 2. The average molecular weight is 276 g/mol. The zero-order valence-corrected chi connectivity index (χ0v) is 11.7. The molecule has 0 saturated carbocycles. The Morgan fingerprint density at radius 1 is 1.24 bits per heavy atom. The average Bonchev–Trinajstić information content (AvgIpc) is 2.30. The summed E-state index contributed by atoms with van der Waals surface area (Å²) in [7, 11) is 0. The minimum absolute atomic E-state index is 0.228. The first-order valence-corrected chi connectivity index (χ1v) is 6.59. The maximum Gasteiger partial charge on any atom is 0.0595 e. The van der Waals surface area contributed by atoms with Gasteiger partial charge in [-0.2, -0.15) is 0 Å². The summed E-state index contributed by atoms with van der Waals surface area (Å²) in [5, 5.41) is 13.4. The smallest absolute Gasteiger partial charge is 0.0595 e. The second-order valence-corrected chi connectivity index (χ2v) is 5.24. The van der Waals surface area contributed by atoms with E-state index in [0.717, 1.165) is 18.5 Å². The summed E-state index contributed by atoms with van der Waals surface area (Å²) in [5.41, 5.74) is 1.12. The minimum atomic E-state index is 0.228. The Bertz CT molecular complexity index is 357. The largest absolute Gasteiger partial charge is 0.396 e. The van der Waals surface area contributed by atoms with Gasteiger partial charge in [0.1, 0.15) is 0 Å². The van der Waals surface area contributed by atoms with Gasteiger partial charge in [0.25, 0.3) is 0 Å². The van der Waals surface area contributed by atoms with Crippen LogP contribution < -0.4 is 5.32 Å². The van der Waals surface area contributed by atoms with Crippen molar-refractivity contribution in [3.05, 3.63) is 33.8 Å². The molecule has 2 N–H and O–H groups in total. The van der Waals surface area contributed by atoms with Gasteiger partial charge in [-0.15, -0.1) is 0 Å². The lowest BCUT2D eigenvalue weighted by molar-refractivity contribution is 0.258. The van der Waals surface area contributed by atoms with Gasteiger partial charge in [-0.1, -0.05) is 36.2 Å². The first kappa shape index (κ1) is 14.8. The van der Waals surface area contributed by atoms with Crippen molar-refractivity contribution in [1.29, 1.82) is 0 Å². The van der Waals surface area contributed by atoms with Crippen molar-refractivity contribution < 1.29 is 5.11 Å². The van der Waals surface area contributed by atoms with Gasteiger partial charge in [-0.25, -0.2) is 0 Å². The first-order valence-electron chi connectivity index (χ1n) is 5.83. The Morgan fingerprint density at radius 2 is 1.94 bits per heavy atom. The van der Waals surface area contributed by atoms with Crippen LogP contribution in [-0.2, 0) is 0 Å². The topological polar surface area (TPSA) is 32.3 Å². The third kappa shape index (κ3) is 4.84. The van der Waals surface area contributed by atoms with E-state index in [0.29, 0.717) is 16.0 Å². The third-order valence-corrected chi connectivity index (χ3v) is 3.58. The van der Waals surface area contributed by atoms with E-state index in [4.69, 9.17) is 28.3 Å². The standard InChI is InChI=1S/C13H19Cl2NO/c1-9(5-6-17)8-16-10(2)11-3-4-12(14)13(15)7-11/h3-4,7,9-10,16-17H,5-6,8H2,1-2H3. The van der Waals surface area contributed by atoms with E-state index in [-0.39, 0.29) is 12.6 Å². The van der Waals surface area contributed by atoms with Crippen LogP contribution in [0.15, 0.2) is 18.2 Å². The maximum atomic E-state index is 8.83. The van der Waals surface area contributed by atoms with Gasteiger partial charge < -0.3 is 10.4 Å². The second-order valence-electron chi connectivity index (χ2n) is 4.42. The summed E-state index contributed by atoms with van der Waals surface area (Å²) in [6, 6.07) is 5.90. The summed E-state index contributed by atoms with van der Waals surface area (Å²) < 4.78 is 0. The fraction of sp³-hybridized carbons (Fsp3) is 0.538. The van der Waals surface area contributed by atoms with E-state index >= 15 is 0 Å². The Labute approximate surface area is 113 Å². The van der Waals surface area contributed by atoms with Gasteiger partial charge in [-0.05, 0) is 43.5 Å².